The van der Waals surface area contributed by atoms with Gasteiger partial charge in [-0.25, -0.2) is 0 Å². The molecule has 5 heteroatoms. The molecule has 0 saturated heterocycles. The van der Waals surface area contributed by atoms with Gasteiger partial charge in [-0.05, 0) is 158 Å². The van der Waals surface area contributed by atoms with Crippen LogP contribution in [0.2, 0.25) is 0 Å². The van der Waals surface area contributed by atoms with Crippen LogP contribution in [-0.4, -0.2) is 34.9 Å². The zero-order valence-electron chi connectivity index (χ0n) is 27.5. The normalized spacial score (nSPS) is 42.2. The maximum Gasteiger partial charge on any atom is 0.312 e. The molecule has 8 rings (SSSR count). The summed E-state index contributed by atoms with van der Waals surface area (Å²) in [6, 6.07) is 0. The molecule has 8 aliphatic carbocycles. The fraction of sp³-hybridized carbons (Fsp3) is 0.944. The molecule has 0 amide bonds. The summed E-state index contributed by atoms with van der Waals surface area (Å²) in [6.45, 7) is 16.9. The van der Waals surface area contributed by atoms with Gasteiger partial charge in [0, 0.05) is 6.61 Å². The third-order valence-corrected chi connectivity index (χ3v) is 13.2. The third-order valence-electron chi connectivity index (χ3n) is 13.2. The van der Waals surface area contributed by atoms with Crippen LogP contribution in [0.4, 0.5) is 0 Å². The molecule has 8 fully saturated rings. The molecule has 234 valence electrons. The average Bonchev–Trinajstić information content (AvgIpc) is 2.89. The van der Waals surface area contributed by atoms with Gasteiger partial charge < -0.3 is 14.6 Å². The van der Waals surface area contributed by atoms with Crippen LogP contribution in [0.3, 0.4) is 0 Å². The van der Waals surface area contributed by atoms with E-state index in [1.807, 2.05) is 34.6 Å². The van der Waals surface area contributed by atoms with Crippen LogP contribution in [0, 0.1) is 57.7 Å². The van der Waals surface area contributed by atoms with Gasteiger partial charge >= 0.3 is 11.9 Å². The molecule has 8 aliphatic rings. The lowest BCUT2D eigenvalue weighted by Gasteiger charge is -2.62. The lowest BCUT2D eigenvalue weighted by Crippen LogP contribution is -2.63. The Bertz CT molecular complexity index is 950. The third kappa shape index (κ3) is 5.53. The first-order valence-electron chi connectivity index (χ1n) is 17.2. The topological polar surface area (TPSA) is 72.8 Å². The van der Waals surface area contributed by atoms with Gasteiger partial charge in [0.05, 0.1) is 10.8 Å². The van der Waals surface area contributed by atoms with E-state index in [1.54, 1.807) is 0 Å². The van der Waals surface area contributed by atoms with E-state index in [4.69, 9.17) is 9.47 Å². The van der Waals surface area contributed by atoms with Crippen LogP contribution in [0.25, 0.3) is 0 Å². The summed E-state index contributed by atoms with van der Waals surface area (Å²) >= 11 is 0. The fourth-order valence-corrected chi connectivity index (χ4v) is 10.7. The number of carbonyl (C=O) groups excluding carboxylic acids is 2. The van der Waals surface area contributed by atoms with Gasteiger partial charge in [-0.2, -0.15) is 0 Å². The van der Waals surface area contributed by atoms with Crippen LogP contribution >= 0.6 is 0 Å². The van der Waals surface area contributed by atoms with Crippen LogP contribution in [0.5, 0.6) is 0 Å². The Hall–Kier alpha value is -1.10. The molecule has 0 spiro atoms. The first kappa shape index (κ1) is 31.3. The van der Waals surface area contributed by atoms with Gasteiger partial charge in [0.1, 0.15) is 11.2 Å². The second-order valence-electron chi connectivity index (χ2n) is 17.4. The van der Waals surface area contributed by atoms with Crippen molar-refractivity contribution in [2.24, 2.45) is 57.7 Å². The van der Waals surface area contributed by atoms with Crippen LogP contribution in [0.1, 0.15) is 139 Å². The number of carbonyl (C=O) groups is 2. The van der Waals surface area contributed by atoms with Gasteiger partial charge in [-0.3, -0.25) is 9.59 Å². The Morgan fingerprint density at radius 1 is 0.732 bits per heavy atom. The lowest BCUT2D eigenvalue weighted by atomic mass is 9.47. The molecule has 1 N–H and O–H groups in total. The van der Waals surface area contributed by atoms with E-state index in [9.17, 15) is 14.7 Å². The number of hydrogen-bond acceptors (Lipinski definition) is 5. The van der Waals surface area contributed by atoms with Crippen LogP contribution in [-0.2, 0) is 19.1 Å². The molecule has 0 aromatic heterocycles. The molecule has 5 nitrogen and oxygen atoms in total. The van der Waals surface area contributed by atoms with E-state index in [0.29, 0.717) is 29.6 Å². The summed E-state index contributed by atoms with van der Waals surface area (Å²) in [7, 11) is 0. The van der Waals surface area contributed by atoms with Gasteiger partial charge in [-0.15, -0.1) is 0 Å². The highest BCUT2D eigenvalue weighted by molar-refractivity contribution is 5.77. The maximum absolute atomic E-state index is 12.8. The average molecular weight is 573 g/mol. The number of aliphatic hydroxyl groups excluding tert-OH is 1. The van der Waals surface area contributed by atoms with E-state index < -0.39 is 5.41 Å². The van der Waals surface area contributed by atoms with Crippen LogP contribution in [0.15, 0.2) is 0 Å². The minimum absolute atomic E-state index is 0.0335. The van der Waals surface area contributed by atoms with Gasteiger partial charge in [0.2, 0.25) is 0 Å². The number of esters is 2. The number of aliphatic hydroxyl groups is 1. The first-order chi connectivity index (χ1) is 19.1. The number of hydrogen-bond donors (Lipinski definition) is 1. The maximum atomic E-state index is 12.8. The predicted molar refractivity (Wildman–Crippen MR) is 162 cm³/mol. The van der Waals surface area contributed by atoms with Gasteiger partial charge in [0.15, 0.2) is 0 Å². The Balaban J connectivity index is 0.000000165. The van der Waals surface area contributed by atoms with Crippen LogP contribution < -0.4 is 0 Å². The second-order valence-corrected chi connectivity index (χ2v) is 17.4. The molecular formula is C36H60O5. The van der Waals surface area contributed by atoms with Crippen molar-refractivity contribution in [2.75, 3.05) is 6.61 Å². The predicted octanol–water partition coefficient (Wildman–Crippen LogP) is 8.11. The van der Waals surface area contributed by atoms with Crippen molar-refractivity contribution in [3.8, 4) is 0 Å². The highest BCUT2D eigenvalue weighted by Gasteiger charge is 2.62. The molecule has 41 heavy (non-hydrogen) atoms. The molecule has 0 aromatic rings. The van der Waals surface area contributed by atoms with E-state index in [2.05, 4.69) is 20.8 Å². The first-order valence-corrected chi connectivity index (χ1v) is 17.2. The van der Waals surface area contributed by atoms with Crippen molar-refractivity contribution in [2.45, 2.75) is 150 Å². The molecule has 8 saturated carbocycles. The standard InChI is InChI=1S/C19H32O2.C17H28O3/c1-6-18(4,5)17(20)21-19(12(2)3)15-8-13-7-14(10-15)11-16(19)9-13;1-4-15(2,3)14(19)20-17-8-12-5-13(9-17)7-16(6-12,10-17)11-18/h12-16H,6-11H2,1-5H3;12-13,18H,4-11H2,1-3H3. The summed E-state index contributed by atoms with van der Waals surface area (Å²) in [5, 5.41) is 9.85. The molecule has 0 heterocycles. The van der Waals surface area contributed by atoms with Gasteiger partial charge in [-0.1, -0.05) is 27.7 Å². The highest BCUT2D eigenvalue weighted by Crippen LogP contribution is 2.63. The summed E-state index contributed by atoms with van der Waals surface area (Å²) in [6.07, 6.45) is 14.8. The van der Waals surface area contributed by atoms with E-state index >= 15 is 0 Å². The van der Waals surface area contributed by atoms with Crippen molar-refractivity contribution in [3.63, 3.8) is 0 Å². The van der Waals surface area contributed by atoms with Crippen molar-refractivity contribution in [1.82, 2.24) is 0 Å². The summed E-state index contributed by atoms with van der Waals surface area (Å²) in [4.78, 5) is 25.3. The molecule has 0 aromatic carbocycles. The number of rotatable bonds is 8. The largest absolute Gasteiger partial charge is 0.459 e. The minimum Gasteiger partial charge on any atom is -0.459 e. The highest BCUT2D eigenvalue weighted by atomic mass is 16.6. The van der Waals surface area contributed by atoms with Crippen molar-refractivity contribution in [3.05, 3.63) is 0 Å². The summed E-state index contributed by atoms with van der Waals surface area (Å²) in [5.41, 5.74) is -1.14. The molecule has 2 unspecified atom stereocenters. The summed E-state index contributed by atoms with van der Waals surface area (Å²) in [5.74, 6) is 4.79. The number of ether oxygens (including phenoxy) is 2. The lowest BCUT2D eigenvalue weighted by molar-refractivity contribution is -0.231. The Labute approximate surface area is 250 Å². The van der Waals surface area contributed by atoms with Gasteiger partial charge in [0.25, 0.3) is 0 Å². The zero-order chi connectivity index (χ0) is 30.0. The molecule has 2 atom stereocenters. The SMILES string of the molecule is CCC(C)(C)C(=O)OC1(C(C)C)C2CC3CC(C2)CC1C3.CCC(C)(C)C(=O)OC12CC3CC(CC(CO)(C3)C1)C2. The smallest absolute Gasteiger partial charge is 0.312 e. The van der Waals surface area contributed by atoms with Crippen molar-refractivity contribution >= 4 is 11.9 Å². The fourth-order valence-electron chi connectivity index (χ4n) is 10.7. The van der Waals surface area contributed by atoms with Crippen molar-refractivity contribution < 1.29 is 24.2 Å². The minimum atomic E-state index is -0.393. The molecule has 0 radical (unpaired) electrons. The second kappa shape index (κ2) is 10.8. The Morgan fingerprint density at radius 3 is 1.59 bits per heavy atom. The van der Waals surface area contributed by atoms with E-state index in [-0.39, 0.29) is 40.6 Å². The summed E-state index contributed by atoms with van der Waals surface area (Å²) < 4.78 is 12.5. The molecule has 8 bridgehead atoms. The van der Waals surface area contributed by atoms with Crippen molar-refractivity contribution in [1.29, 1.82) is 0 Å². The molecular weight excluding hydrogens is 512 g/mol. The monoisotopic (exact) mass is 572 g/mol. The molecule has 0 aliphatic heterocycles. The zero-order valence-corrected chi connectivity index (χ0v) is 27.5. The van der Waals surface area contributed by atoms with E-state index in [0.717, 1.165) is 56.8 Å². The van der Waals surface area contributed by atoms with E-state index in [1.165, 1.54) is 38.5 Å². The Kier molecular flexibility index (Phi) is 8.26. The Morgan fingerprint density at radius 2 is 1.17 bits per heavy atom. The quantitative estimate of drug-likeness (QED) is 0.297.